The monoisotopic (exact) mass is 367 g/mol. The van der Waals surface area contributed by atoms with E-state index in [1.165, 1.54) is 29.1 Å². The van der Waals surface area contributed by atoms with Crippen molar-refractivity contribution in [3.05, 3.63) is 70.8 Å². The molecule has 0 saturated carbocycles. The Morgan fingerprint density at radius 3 is 2.65 bits per heavy atom. The first-order chi connectivity index (χ1) is 12.8. The van der Waals surface area contributed by atoms with Gasteiger partial charge in [0, 0.05) is 18.4 Å². The van der Waals surface area contributed by atoms with Crippen molar-refractivity contribution in [1.29, 1.82) is 0 Å². The molecule has 1 atom stereocenters. The molecule has 0 spiro atoms. The molecule has 4 nitrogen and oxygen atoms in total. The lowest BCUT2D eigenvalue weighted by molar-refractivity contribution is -0.919. The first-order valence-electron chi connectivity index (χ1n) is 9.12. The largest absolute Gasteiger partial charge is 0.463 e. The summed E-state index contributed by atoms with van der Waals surface area (Å²) in [6.07, 6.45) is 4.19. The zero-order valence-corrected chi connectivity index (χ0v) is 15.4. The minimum absolute atomic E-state index is 0.00555. The quantitative estimate of drug-likeness (QED) is 0.703. The second-order valence-corrected chi connectivity index (χ2v) is 7.59. The summed E-state index contributed by atoms with van der Waals surface area (Å²) in [5.41, 5.74) is 2.07. The predicted molar refractivity (Wildman–Crippen MR) is 103 cm³/mol. The highest BCUT2D eigenvalue weighted by Gasteiger charge is 2.30. The number of furan rings is 1. The summed E-state index contributed by atoms with van der Waals surface area (Å²) in [4.78, 5) is 15.1. The van der Waals surface area contributed by atoms with Crippen LogP contribution in [-0.4, -0.2) is 25.5 Å². The Hall–Kier alpha value is -2.37. The molecular weight excluding hydrogens is 344 g/mol. The lowest BCUT2D eigenvalue weighted by Gasteiger charge is -2.23. The second-order valence-electron chi connectivity index (χ2n) is 6.67. The van der Waals surface area contributed by atoms with E-state index in [4.69, 9.17) is 4.42 Å². The zero-order valence-electron chi connectivity index (χ0n) is 14.6. The number of likely N-dealkylation sites (tertiary alicyclic amines) is 1. The van der Waals surface area contributed by atoms with Gasteiger partial charge < -0.3 is 14.6 Å². The molecule has 2 aromatic heterocycles. The number of benzene rings is 1. The van der Waals surface area contributed by atoms with E-state index >= 15 is 0 Å². The summed E-state index contributed by atoms with van der Waals surface area (Å²) in [5, 5.41) is 5.13. The lowest BCUT2D eigenvalue weighted by Crippen LogP contribution is -3.11. The van der Waals surface area contributed by atoms with E-state index in [9.17, 15) is 4.79 Å². The third kappa shape index (κ3) is 3.59. The molecule has 4 rings (SSSR count). The highest BCUT2D eigenvalue weighted by molar-refractivity contribution is 7.12. The Balaban J connectivity index is 1.49. The zero-order chi connectivity index (χ0) is 17.8. The molecule has 0 bridgehead atoms. The van der Waals surface area contributed by atoms with Gasteiger partial charge in [0.1, 0.15) is 0 Å². The van der Waals surface area contributed by atoms with Crippen LogP contribution in [0.2, 0.25) is 0 Å². The molecule has 1 aliphatic heterocycles. The maximum atomic E-state index is 12.8. The van der Waals surface area contributed by atoms with Crippen LogP contribution in [0.15, 0.2) is 64.6 Å². The van der Waals surface area contributed by atoms with Crippen LogP contribution in [0.4, 0.5) is 0 Å². The average Bonchev–Trinajstić information content (AvgIpc) is 3.44. The molecule has 0 aliphatic carbocycles. The van der Waals surface area contributed by atoms with Gasteiger partial charge in [-0.2, -0.15) is 0 Å². The summed E-state index contributed by atoms with van der Waals surface area (Å²) < 4.78 is 5.65. The summed E-state index contributed by atoms with van der Waals surface area (Å²) >= 11 is 1.49. The van der Waals surface area contributed by atoms with Crippen LogP contribution in [-0.2, 0) is 0 Å². The van der Waals surface area contributed by atoms with Crippen molar-refractivity contribution in [2.75, 3.05) is 19.6 Å². The normalized spacial score (nSPS) is 15.8. The van der Waals surface area contributed by atoms with E-state index in [0.29, 0.717) is 6.54 Å². The minimum atomic E-state index is -0.00555. The van der Waals surface area contributed by atoms with Crippen molar-refractivity contribution in [3.8, 4) is 11.1 Å². The lowest BCUT2D eigenvalue weighted by atomic mass is 10.1. The van der Waals surface area contributed by atoms with Crippen LogP contribution in [0.25, 0.3) is 11.1 Å². The maximum absolute atomic E-state index is 12.8. The number of quaternary nitrogens is 1. The summed E-state index contributed by atoms with van der Waals surface area (Å²) in [6.45, 7) is 2.86. The van der Waals surface area contributed by atoms with Gasteiger partial charge in [0.15, 0.2) is 11.8 Å². The third-order valence-electron chi connectivity index (χ3n) is 5.05. The van der Waals surface area contributed by atoms with Gasteiger partial charge in [0.05, 0.1) is 30.8 Å². The van der Waals surface area contributed by atoms with Gasteiger partial charge in [0.25, 0.3) is 5.91 Å². The van der Waals surface area contributed by atoms with Gasteiger partial charge in [0.2, 0.25) is 0 Å². The predicted octanol–water partition coefficient (Wildman–Crippen LogP) is 3.16. The second kappa shape index (κ2) is 7.89. The Bertz CT molecular complexity index is 836. The molecule has 0 radical (unpaired) electrons. The maximum Gasteiger partial charge on any atom is 0.262 e. The molecule has 1 amide bonds. The molecule has 1 aromatic carbocycles. The van der Waals surface area contributed by atoms with Gasteiger partial charge in [-0.3, -0.25) is 4.79 Å². The van der Waals surface area contributed by atoms with E-state index < -0.39 is 0 Å². The number of carbonyl (C=O) groups excluding carboxylic acids is 1. The first kappa shape index (κ1) is 17.1. The fourth-order valence-electron chi connectivity index (χ4n) is 3.72. The number of rotatable bonds is 6. The van der Waals surface area contributed by atoms with Crippen LogP contribution >= 0.6 is 11.3 Å². The van der Waals surface area contributed by atoms with Gasteiger partial charge >= 0.3 is 0 Å². The molecule has 5 heteroatoms. The molecule has 3 aromatic rings. The smallest absolute Gasteiger partial charge is 0.262 e. The standard InChI is InChI=1S/C21H22N2O2S/c24-21(20-17(10-14-26-20)16-7-2-1-3-8-16)22-15-18(19-9-6-13-25-19)23-11-4-5-12-23/h1-3,6-10,13-14,18H,4-5,11-12,15H2,(H,22,24)/p+1/t18-/m0/s1. The van der Waals surface area contributed by atoms with Crippen LogP contribution in [0.3, 0.4) is 0 Å². The molecule has 1 saturated heterocycles. The Morgan fingerprint density at radius 1 is 1.12 bits per heavy atom. The van der Waals surface area contributed by atoms with Crippen LogP contribution in [0.5, 0.6) is 0 Å². The Morgan fingerprint density at radius 2 is 1.92 bits per heavy atom. The van der Waals surface area contributed by atoms with Crippen LogP contribution in [0.1, 0.15) is 34.3 Å². The van der Waals surface area contributed by atoms with Crippen molar-refractivity contribution >= 4 is 17.2 Å². The van der Waals surface area contributed by atoms with Crippen molar-refractivity contribution in [2.45, 2.75) is 18.9 Å². The van der Waals surface area contributed by atoms with Crippen molar-refractivity contribution in [1.82, 2.24) is 5.32 Å². The van der Waals surface area contributed by atoms with Crippen LogP contribution < -0.4 is 10.2 Å². The fourth-order valence-corrected chi connectivity index (χ4v) is 4.55. The SMILES string of the molecule is O=C(NC[C@@H](c1ccco1)[NH+]1CCCC1)c1sccc1-c1ccccc1. The fraction of sp³-hybridized carbons (Fsp3) is 0.286. The number of amides is 1. The van der Waals surface area contributed by atoms with Gasteiger partial charge in [-0.25, -0.2) is 0 Å². The van der Waals surface area contributed by atoms with Crippen molar-refractivity contribution < 1.29 is 14.1 Å². The minimum Gasteiger partial charge on any atom is -0.463 e. The summed E-state index contributed by atoms with van der Waals surface area (Å²) in [5.74, 6) is 0.950. The molecule has 134 valence electrons. The summed E-state index contributed by atoms with van der Waals surface area (Å²) in [7, 11) is 0. The number of thiophene rings is 1. The Kier molecular flexibility index (Phi) is 5.18. The molecule has 2 N–H and O–H groups in total. The van der Waals surface area contributed by atoms with Gasteiger partial charge in [-0.05, 0) is 29.1 Å². The first-order valence-corrected chi connectivity index (χ1v) is 10.00. The van der Waals surface area contributed by atoms with Crippen LogP contribution in [0, 0.1) is 0 Å². The van der Waals surface area contributed by atoms with E-state index in [1.54, 1.807) is 6.26 Å². The number of hydrogen-bond acceptors (Lipinski definition) is 3. The highest BCUT2D eigenvalue weighted by atomic mass is 32.1. The molecule has 1 aliphatic rings. The number of hydrogen-bond donors (Lipinski definition) is 2. The topological polar surface area (TPSA) is 46.7 Å². The molecule has 1 fully saturated rings. The number of nitrogens with one attached hydrogen (secondary N) is 2. The molecule has 26 heavy (non-hydrogen) atoms. The Labute approximate surface area is 157 Å². The van der Waals surface area contributed by atoms with Crippen molar-refractivity contribution in [2.24, 2.45) is 0 Å². The third-order valence-corrected chi connectivity index (χ3v) is 5.96. The van der Waals surface area contributed by atoms with Crippen molar-refractivity contribution in [3.63, 3.8) is 0 Å². The molecular formula is C21H23N2O2S+. The van der Waals surface area contributed by atoms with Gasteiger partial charge in [-0.1, -0.05) is 30.3 Å². The van der Waals surface area contributed by atoms with E-state index in [0.717, 1.165) is 34.9 Å². The molecule has 3 heterocycles. The van der Waals surface area contributed by atoms with E-state index in [2.05, 4.69) is 5.32 Å². The number of carbonyl (C=O) groups is 1. The van der Waals surface area contributed by atoms with E-state index in [-0.39, 0.29) is 11.9 Å². The molecule has 0 unspecified atom stereocenters. The summed E-state index contributed by atoms with van der Waals surface area (Å²) in [6, 6.07) is 16.2. The highest BCUT2D eigenvalue weighted by Crippen LogP contribution is 2.28. The van der Waals surface area contributed by atoms with Gasteiger partial charge in [-0.15, -0.1) is 11.3 Å². The average molecular weight is 367 g/mol. The van der Waals surface area contributed by atoms with E-state index in [1.807, 2.05) is 53.9 Å².